The first-order chi connectivity index (χ1) is 17.4. The van der Waals surface area contributed by atoms with E-state index in [4.69, 9.17) is 4.98 Å². The highest BCUT2D eigenvalue weighted by atomic mass is 16.2. The summed E-state index contributed by atoms with van der Waals surface area (Å²) in [6.45, 7) is 11.7. The van der Waals surface area contributed by atoms with Gasteiger partial charge in [-0.25, -0.2) is 9.78 Å². The Bertz CT molecular complexity index is 1480. The summed E-state index contributed by atoms with van der Waals surface area (Å²) in [5, 5.41) is 8.86. The van der Waals surface area contributed by atoms with Gasteiger partial charge in [-0.1, -0.05) is 52.8 Å². The average molecular weight is 503 g/mol. The average Bonchev–Trinajstić information content (AvgIpc) is 3.33. The molecule has 0 bridgehead atoms. The Kier molecular flexibility index (Phi) is 6.24. The Morgan fingerprint density at radius 3 is 2.65 bits per heavy atom. The van der Waals surface area contributed by atoms with Crippen molar-refractivity contribution in [3.05, 3.63) is 58.8 Å². The standard InChI is InChI=1S/C29H38N6O2/c1-28(2,3)18-35-23-12-11-21(30-26(23)33(6)27(35)37)19-13-14-29(4,5)24(15-19)31-25(36)17-34-16-20-9-7-8-10-22(20)32-34/h7-12,16,19,24H,13-15,17-18H2,1-6H3,(H,31,36). The van der Waals surface area contributed by atoms with E-state index < -0.39 is 0 Å². The summed E-state index contributed by atoms with van der Waals surface area (Å²) in [4.78, 5) is 31.0. The van der Waals surface area contributed by atoms with E-state index in [1.165, 1.54) is 0 Å². The molecule has 1 aliphatic rings. The third-order valence-electron chi connectivity index (χ3n) is 7.76. The van der Waals surface area contributed by atoms with Crippen LogP contribution in [-0.4, -0.2) is 35.8 Å². The van der Waals surface area contributed by atoms with Gasteiger partial charge in [0.1, 0.15) is 6.54 Å². The van der Waals surface area contributed by atoms with Crippen LogP contribution >= 0.6 is 0 Å². The van der Waals surface area contributed by atoms with Gasteiger partial charge in [-0.3, -0.25) is 18.6 Å². The molecule has 1 fully saturated rings. The molecule has 1 saturated carbocycles. The predicted octanol–water partition coefficient (Wildman–Crippen LogP) is 4.61. The lowest BCUT2D eigenvalue weighted by Gasteiger charge is -2.42. The summed E-state index contributed by atoms with van der Waals surface area (Å²) in [6.07, 6.45) is 4.71. The van der Waals surface area contributed by atoms with Crippen LogP contribution in [0.2, 0.25) is 0 Å². The Morgan fingerprint density at radius 1 is 1.16 bits per heavy atom. The Hall–Kier alpha value is -3.42. The lowest BCUT2D eigenvalue weighted by Crippen LogP contribution is -2.49. The molecule has 0 aliphatic heterocycles. The monoisotopic (exact) mass is 502 g/mol. The first-order valence-corrected chi connectivity index (χ1v) is 13.2. The van der Waals surface area contributed by atoms with Crippen molar-refractivity contribution < 1.29 is 4.79 Å². The number of benzene rings is 1. The maximum Gasteiger partial charge on any atom is 0.330 e. The molecule has 2 unspecified atom stereocenters. The number of rotatable bonds is 5. The number of nitrogens with one attached hydrogen (secondary N) is 1. The number of aryl methyl sites for hydroxylation is 1. The van der Waals surface area contributed by atoms with Gasteiger partial charge in [0.2, 0.25) is 5.91 Å². The Balaban J connectivity index is 1.35. The van der Waals surface area contributed by atoms with Crippen molar-refractivity contribution in [2.45, 2.75) is 78.9 Å². The molecule has 1 N–H and O–H groups in total. The molecule has 3 heterocycles. The van der Waals surface area contributed by atoms with Gasteiger partial charge in [0.15, 0.2) is 5.65 Å². The zero-order valence-corrected chi connectivity index (χ0v) is 22.8. The molecule has 37 heavy (non-hydrogen) atoms. The quantitative estimate of drug-likeness (QED) is 0.432. The van der Waals surface area contributed by atoms with E-state index in [2.05, 4.69) is 51.1 Å². The minimum Gasteiger partial charge on any atom is -0.351 e. The van der Waals surface area contributed by atoms with Crippen LogP contribution < -0.4 is 11.0 Å². The van der Waals surface area contributed by atoms with Crippen LogP contribution in [0.25, 0.3) is 22.1 Å². The van der Waals surface area contributed by atoms with Crippen molar-refractivity contribution in [2.75, 3.05) is 0 Å². The number of carbonyl (C=O) groups excluding carboxylic acids is 1. The molecule has 4 aromatic rings. The topological polar surface area (TPSA) is 86.7 Å². The van der Waals surface area contributed by atoms with Gasteiger partial charge in [0.25, 0.3) is 0 Å². The summed E-state index contributed by atoms with van der Waals surface area (Å²) < 4.78 is 5.20. The highest BCUT2D eigenvalue weighted by Crippen LogP contribution is 2.42. The fourth-order valence-corrected chi connectivity index (χ4v) is 5.59. The van der Waals surface area contributed by atoms with Crippen LogP contribution in [0.4, 0.5) is 0 Å². The second-order valence-corrected chi connectivity index (χ2v) is 12.5. The zero-order chi connectivity index (χ0) is 26.5. The molecule has 5 rings (SSSR count). The van der Waals surface area contributed by atoms with Gasteiger partial charge < -0.3 is 5.32 Å². The van der Waals surface area contributed by atoms with E-state index in [1.807, 2.05) is 41.1 Å². The Morgan fingerprint density at radius 2 is 1.92 bits per heavy atom. The molecule has 196 valence electrons. The second kappa shape index (κ2) is 9.15. The third kappa shape index (κ3) is 5.06. The number of amides is 1. The van der Waals surface area contributed by atoms with E-state index >= 15 is 0 Å². The molecular weight excluding hydrogens is 464 g/mol. The van der Waals surface area contributed by atoms with Gasteiger partial charge in [0, 0.05) is 42.8 Å². The number of hydrogen-bond donors (Lipinski definition) is 1. The van der Waals surface area contributed by atoms with Crippen molar-refractivity contribution >= 4 is 28.0 Å². The minimum absolute atomic E-state index is 0.0138. The lowest BCUT2D eigenvalue weighted by atomic mass is 9.68. The molecule has 1 aliphatic carbocycles. The smallest absolute Gasteiger partial charge is 0.330 e. The number of imidazole rings is 1. The van der Waals surface area contributed by atoms with Crippen molar-refractivity contribution in [1.29, 1.82) is 0 Å². The molecule has 0 spiro atoms. The highest BCUT2D eigenvalue weighted by molar-refractivity contribution is 5.80. The van der Waals surface area contributed by atoms with Crippen LogP contribution in [0.5, 0.6) is 0 Å². The summed E-state index contributed by atoms with van der Waals surface area (Å²) in [6, 6.07) is 12.0. The molecule has 1 aromatic carbocycles. The van der Waals surface area contributed by atoms with Crippen molar-refractivity contribution in [1.82, 2.24) is 29.2 Å². The van der Waals surface area contributed by atoms with Crippen LogP contribution in [0.1, 0.15) is 65.5 Å². The number of hydrogen-bond acceptors (Lipinski definition) is 4. The molecule has 0 saturated heterocycles. The van der Waals surface area contributed by atoms with Crippen LogP contribution in [-0.2, 0) is 24.9 Å². The van der Waals surface area contributed by atoms with Crippen LogP contribution in [0, 0.1) is 10.8 Å². The predicted molar refractivity (Wildman–Crippen MR) is 146 cm³/mol. The minimum atomic E-state index is -0.0317. The summed E-state index contributed by atoms with van der Waals surface area (Å²) in [5.74, 6) is 0.188. The number of fused-ring (bicyclic) bond motifs is 2. The number of nitrogens with zero attached hydrogens (tertiary/aromatic N) is 5. The number of carbonyl (C=O) groups is 1. The second-order valence-electron chi connectivity index (χ2n) is 12.5. The van der Waals surface area contributed by atoms with Crippen LogP contribution in [0.15, 0.2) is 47.4 Å². The van der Waals surface area contributed by atoms with Crippen LogP contribution in [0.3, 0.4) is 0 Å². The normalized spacial score (nSPS) is 19.9. The van der Waals surface area contributed by atoms with Gasteiger partial charge in [0.05, 0.1) is 11.0 Å². The molecular formula is C29H38N6O2. The number of aromatic nitrogens is 5. The van der Waals surface area contributed by atoms with Crippen molar-refractivity contribution in [3.63, 3.8) is 0 Å². The maximum absolute atomic E-state index is 13.0. The first-order valence-electron chi connectivity index (χ1n) is 13.2. The molecule has 0 radical (unpaired) electrons. The van der Waals surface area contributed by atoms with E-state index in [0.29, 0.717) is 6.54 Å². The fourth-order valence-electron chi connectivity index (χ4n) is 5.59. The number of pyridine rings is 1. The van der Waals surface area contributed by atoms with Crippen molar-refractivity contribution in [3.8, 4) is 0 Å². The molecule has 8 heteroatoms. The molecule has 8 nitrogen and oxygen atoms in total. The zero-order valence-electron chi connectivity index (χ0n) is 22.8. The largest absolute Gasteiger partial charge is 0.351 e. The van der Waals surface area contributed by atoms with E-state index in [1.54, 1.807) is 16.3 Å². The van der Waals surface area contributed by atoms with Gasteiger partial charge in [-0.05, 0) is 48.3 Å². The van der Waals surface area contributed by atoms with E-state index in [9.17, 15) is 9.59 Å². The maximum atomic E-state index is 13.0. The Labute approximate surface area is 217 Å². The SMILES string of the molecule is Cn1c(=O)n(CC(C)(C)C)c2ccc(C3CCC(C)(C)C(NC(=O)Cn4cc5ccccc5n4)C3)nc21. The van der Waals surface area contributed by atoms with Gasteiger partial charge >= 0.3 is 5.69 Å². The molecule has 2 atom stereocenters. The molecule has 3 aromatic heterocycles. The van der Waals surface area contributed by atoms with Gasteiger partial charge in [-0.2, -0.15) is 5.10 Å². The summed E-state index contributed by atoms with van der Waals surface area (Å²) >= 11 is 0. The third-order valence-corrected chi connectivity index (χ3v) is 7.76. The molecule has 1 amide bonds. The summed E-state index contributed by atoms with van der Waals surface area (Å²) in [7, 11) is 1.80. The fraction of sp³-hybridized carbons (Fsp3) is 0.517. The first kappa shape index (κ1) is 25.2. The van der Waals surface area contributed by atoms with Gasteiger partial charge in [-0.15, -0.1) is 0 Å². The van der Waals surface area contributed by atoms with Crippen molar-refractivity contribution in [2.24, 2.45) is 17.9 Å². The van der Waals surface area contributed by atoms with E-state index in [-0.39, 0.29) is 40.9 Å². The highest BCUT2D eigenvalue weighted by Gasteiger charge is 2.38. The van der Waals surface area contributed by atoms with E-state index in [0.717, 1.165) is 47.0 Å². The summed E-state index contributed by atoms with van der Waals surface area (Å²) in [5.41, 5.74) is 3.41. The lowest BCUT2D eigenvalue weighted by molar-refractivity contribution is -0.123.